The van der Waals surface area contributed by atoms with Gasteiger partial charge in [0.25, 0.3) is 5.91 Å². The number of aromatic nitrogens is 2. The van der Waals surface area contributed by atoms with Gasteiger partial charge in [-0.3, -0.25) is 4.79 Å². The lowest BCUT2D eigenvalue weighted by Crippen LogP contribution is -2.24. The van der Waals surface area contributed by atoms with Crippen LogP contribution >= 0.6 is 0 Å². The Morgan fingerprint density at radius 2 is 1.71 bits per heavy atom. The summed E-state index contributed by atoms with van der Waals surface area (Å²) in [4.78, 5) is 21.5. The predicted octanol–water partition coefficient (Wildman–Crippen LogP) is 4.89. The predicted molar refractivity (Wildman–Crippen MR) is 113 cm³/mol. The molecule has 0 aliphatic heterocycles. The maximum Gasteiger partial charge on any atom is 0.270 e. The normalized spacial score (nSPS) is 10.8. The number of hydrogen-bond donors (Lipinski definition) is 2. The van der Waals surface area contributed by atoms with Gasteiger partial charge in [-0.05, 0) is 48.6 Å². The molecule has 1 aromatic heterocycles. The molecule has 5 nitrogen and oxygen atoms in total. The van der Waals surface area contributed by atoms with E-state index in [2.05, 4.69) is 40.5 Å². The first-order chi connectivity index (χ1) is 13.4. The third-order valence-corrected chi connectivity index (χ3v) is 4.62. The second kappa shape index (κ2) is 8.65. The molecular weight excluding hydrogens is 348 g/mol. The minimum atomic E-state index is -0.214. The van der Waals surface area contributed by atoms with E-state index in [9.17, 15) is 4.79 Å². The number of nitrogens with zero attached hydrogens (tertiary/aromatic N) is 2. The van der Waals surface area contributed by atoms with Gasteiger partial charge in [-0.25, -0.2) is 9.97 Å². The fourth-order valence-corrected chi connectivity index (χ4v) is 3.05. The Hall–Kier alpha value is -3.21. The molecule has 28 heavy (non-hydrogen) atoms. The highest BCUT2D eigenvalue weighted by Crippen LogP contribution is 2.25. The van der Waals surface area contributed by atoms with Crippen molar-refractivity contribution in [1.29, 1.82) is 0 Å². The fourth-order valence-electron chi connectivity index (χ4n) is 3.05. The number of nitrogens with one attached hydrogen (secondary N) is 2. The summed E-state index contributed by atoms with van der Waals surface area (Å²) >= 11 is 0. The van der Waals surface area contributed by atoms with Crippen LogP contribution in [-0.2, 0) is 6.54 Å². The number of amides is 1. The number of anilines is 2. The Kier molecular flexibility index (Phi) is 6.04. The van der Waals surface area contributed by atoms with Gasteiger partial charge in [-0.2, -0.15) is 0 Å². The van der Waals surface area contributed by atoms with Crippen LogP contribution in [0.5, 0.6) is 0 Å². The zero-order valence-corrected chi connectivity index (χ0v) is 16.8. The molecule has 3 aromatic rings. The van der Waals surface area contributed by atoms with Crippen LogP contribution in [0.25, 0.3) is 0 Å². The van der Waals surface area contributed by atoms with E-state index in [1.54, 1.807) is 6.07 Å². The SMILES string of the molecule is Cc1cc(C(=O)NCc2ccccc2C)nc(Nc2ccccc2C(C)C)n1. The van der Waals surface area contributed by atoms with Crippen LogP contribution in [0.4, 0.5) is 11.6 Å². The Labute approximate surface area is 166 Å². The van der Waals surface area contributed by atoms with Crippen LogP contribution in [0, 0.1) is 13.8 Å². The first kappa shape index (κ1) is 19.5. The molecule has 0 saturated carbocycles. The van der Waals surface area contributed by atoms with E-state index in [0.717, 1.165) is 22.5 Å². The number of benzene rings is 2. The molecule has 0 fully saturated rings. The van der Waals surface area contributed by atoms with Crippen LogP contribution in [0.15, 0.2) is 54.6 Å². The molecular formula is C23H26N4O. The average Bonchev–Trinajstić information content (AvgIpc) is 2.67. The summed E-state index contributed by atoms with van der Waals surface area (Å²) in [6.45, 7) is 8.64. The molecule has 0 aliphatic carbocycles. The Balaban J connectivity index is 1.78. The number of hydrogen-bond acceptors (Lipinski definition) is 4. The lowest BCUT2D eigenvalue weighted by atomic mass is 10.0. The van der Waals surface area contributed by atoms with Crippen LogP contribution < -0.4 is 10.6 Å². The molecule has 0 unspecified atom stereocenters. The lowest BCUT2D eigenvalue weighted by molar-refractivity contribution is 0.0945. The molecule has 2 N–H and O–H groups in total. The zero-order chi connectivity index (χ0) is 20.1. The molecule has 0 atom stereocenters. The van der Waals surface area contributed by atoms with Crippen LogP contribution in [0.2, 0.25) is 0 Å². The number of para-hydroxylation sites is 1. The second-order valence-electron chi connectivity index (χ2n) is 7.19. The third-order valence-electron chi connectivity index (χ3n) is 4.62. The van der Waals surface area contributed by atoms with E-state index in [1.807, 2.05) is 56.3 Å². The van der Waals surface area contributed by atoms with E-state index in [4.69, 9.17) is 0 Å². The van der Waals surface area contributed by atoms with Crippen molar-refractivity contribution in [2.45, 2.75) is 40.2 Å². The Morgan fingerprint density at radius 1 is 1.00 bits per heavy atom. The summed E-state index contributed by atoms with van der Waals surface area (Å²) in [5.74, 6) is 0.577. The summed E-state index contributed by atoms with van der Waals surface area (Å²) < 4.78 is 0. The van der Waals surface area contributed by atoms with E-state index in [1.165, 1.54) is 5.56 Å². The smallest absolute Gasteiger partial charge is 0.270 e. The summed E-state index contributed by atoms with van der Waals surface area (Å²) in [6, 6.07) is 17.8. The van der Waals surface area contributed by atoms with Crippen molar-refractivity contribution in [1.82, 2.24) is 15.3 Å². The first-order valence-electron chi connectivity index (χ1n) is 9.48. The average molecular weight is 374 g/mol. The van der Waals surface area contributed by atoms with Gasteiger partial charge in [0.15, 0.2) is 0 Å². The molecule has 0 spiro atoms. The maximum absolute atomic E-state index is 12.6. The maximum atomic E-state index is 12.6. The van der Waals surface area contributed by atoms with Crippen molar-refractivity contribution in [2.75, 3.05) is 5.32 Å². The van der Waals surface area contributed by atoms with Gasteiger partial charge < -0.3 is 10.6 Å². The monoisotopic (exact) mass is 374 g/mol. The van der Waals surface area contributed by atoms with E-state index in [0.29, 0.717) is 24.1 Å². The van der Waals surface area contributed by atoms with Gasteiger partial charge in [0.1, 0.15) is 5.69 Å². The zero-order valence-electron chi connectivity index (χ0n) is 16.8. The summed E-state index contributed by atoms with van der Waals surface area (Å²) in [5.41, 5.74) is 5.46. The molecule has 2 aromatic carbocycles. The first-order valence-corrected chi connectivity index (χ1v) is 9.48. The summed E-state index contributed by atoms with van der Waals surface area (Å²) in [7, 11) is 0. The largest absolute Gasteiger partial charge is 0.347 e. The van der Waals surface area contributed by atoms with Gasteiger partial charge in [0.05, 0.1) is 0 Å². The fraction of sp³-hybridized carbons (Fsp3) is 0.261. The van der Waals surface area contributed by atoms with Gasteiger partial charge >= 0.3 is 0 Å². The molecule has 144 valence electrons. The van der Waals surface area contributed by atoms with Crippen molar-refractivity contribution in [3.05, 3.63) is 82.7 Å². The molecule has 0 radical (unpaired) electrons. The van der Waals surface area contributed by atoms with E-state index < -0.39 is 0 Å². The highest BCUT2D eigenvalue weighted by atomic mass is 16.1. The number of carbonyl (C=O) groups is 1. The molecule has 0 bridgehead atoms. The number of rotatable bonds is 6. The topological polar surface area (TPSA) is 66.9 Å². The van der Waals surface area contributed by atoms with E-state index in [-0.39, 0.29) is 5.91 Å². The van der Waals surface area contributed by atoms with Gasteiger partial charge in [0, 0.05) is 17.9 Å². The van der Waals surface area contributed by atoms with Crippen molar-refractivity contribution in [2.24, 2.45) is 0 Å². The van der Waals surface area contributed by atoms with Crippen molar-refractivity contribution < 1.29 is 4.79 Å². The Bertz CT molecular complexity index is 982. The lowest BCUT2D eigenvalue weighted by Gasteiger charge is -2.14. The van der Waals surface area contributed by atoms with Gasteiger partial charge in [-0.1, -0.05) is 56.3 Å². The van der Waals surface area contributed by atoms with Crippen LogP contribution in [0.3, 0.4) is 0 Å². The van der Waals surface area contributed by atoms with Gasteiger partial charge in [-0.15, -0.1) is 0 Å². The second-order valence-corrected chi connectivity index (χ2v) is 7.19. The highest BCUT2D eigenvalue weighted by Gasteiger charge is 2.13. The van der Waals surface area contributed by atoms with Gasteiger partial charge in [0.2, 0.25) is 5.95 Å². The highest BCUT2D eigenvalue weighted by molar-refractivity contribution is 5.92. The molecule has 3 rings (SSSR count). The van der Waals surface area contributed by atoms with Crippen LogP contribution in [-0.4, -0.2) is 15.9 Å². The molecule has 1 heterocycles. The molecule has 1 amide bonds. The molecule has 0 aliphatic rings. The van der Waals surface area contributed by atoms with Crippen molar-refractivity contribution in [3.8, 4) is 0 Å². The summed E-state index contributed by atoms with van der Waals surface area (Å²) in [5, 5.41) is 6.22. The minimum Gasteiger partial charge on any atom is -0.347 e. The number of aryl methyl sites for hydroxylation is 2. The summed E-state index contributed by atoms with van der Waals surface area (Å²) in [6.07, 6.45) is 0. The third kappa shape index (κ3) is 4.74. The van der Waals surface area contributed by atoms with E-state index >= 15 is 0 Å². The standard InChI is InChI=1S/C23H26N4O/c1-15(2)19-11-7-8-12-20(19)26-23-25-17(4)13-21(27-23)22(28)24-14-18-10-6-5-9-16(18)3/h5-13,15H,14H2,1-4H3,(H,24,28)(H,25,26,27). The Morgan fingerprint density at radius 3 is 2.46 bits per heavy atom. The number of carbonyl (C=O) groups excluding carboxylic acids is 1. The van der Waals surface area contributed by atoms with Crippen molar-refractivity contribution >= 4 is 17.5 Å². The molecule has 5 heteroatoms. The molecule has 0 saturated heterocycles. The minimum absolute atomic E-state index is 0.214. The quantitative estimate of drug-likeness (QED) is 0.645. The van der Waals surface area contributed by atoms with Crippen molar-refractivity contribution in [3.63, 3.8) is 0 Å². The van der Waals surface area contributed by atoms with Crippen LogP contribution in [0.1, 0.15) is 52.6 Å².